The fourth-order valence-electron chi connectivity index (χ4n) is 4.07. The molecule has 8 nitrogen and oxygen atoms in total. The van der Waals surface area contributed by atoms with Crippen LogP contribution in [0.3, 0.4) is 0 Å². The minimum Gasteiger partial charge on any atom is -0.480 e. The molecule has 1 fully saturated rings. The Balaban J connectivity index is 1.83. The SMILES string of the molecule is CCOC(=O)C1=C(CN2CCC[C@H]2C(=O)O)NC(c2nccs2)=N[C@H]1c1ccc(F)cc1Br. The number of benzene rings is 1. The molecule has 1 saturated heterocycles. The van der Waals surface area contributed by atoms with Crippen molar-refractivity contribution in [3.05, 3.63) is 61.9 Å². The van der Waals surface area contributed by atoms with Crippen LogP contribution >= 0.6 is 27.3 Å². The van der Waals surface area contributed by atoms with Crippen molar-refractivity contribution < 1.29 is 23.8 Å². The number of likely N-dealkylation sites (tertiary alicyclic amines) is 1. The number of amidine groups is 1. The van der Waals surface area contributed by atoms with Crippen LogP contribution in [0.1, 0.15) is 36.4 Å². The number of carbonyl (C=O) groups excluding carboxylic acids is 1. The van der Waals surface area contributed by atoms with Crippen molar-refractivity contribution in [1.29, 1.82) is 0 Å². The molecule has 3 heterocycles. The molecule has 2 N–H and O–H groups in total. The van der Waals surface area contributed by atoms with Gasteiger partial charge in [0.1, 0.15) is 17.9 Å². The van der Waals surface area contributed by atoms with Crippen LogP contribution in [0.4, 0.5) is 4.39 Å². The standard InChI is InChI=1S/C22H22BrFN4O4S/c1-2-32-22(31)17-15(11-28-8-3-4-16(28)21(29)30)26-19(20-25-7-9-33-20)27-18(17)13-6-5-12(24)10-14(13)23/h5-7,9-10,16,18H,2-4,8,11H2,1H3,(H,26,27)(H,29,30)/t16-,18-/m0/s1. The summed E-state index contributed by atoms with van der Waals surface area (Å²) in [7, 11) is 0. The van der Waals surface area contributed by atoms with Crippen LogP contribution in [-0.2, 0) is 14.3 Å². The molecule has 1 aromatic heterocycles. The second-order valence-corrected chi connectivity index (χ2v) is 9.34. The lowest BCUT2D eigenvalue weighted by molar-refractivity contribution is -0.142. The van der Waals surface area contributed by atoms with Crippen molar-refractivity contribution in [3.63, 3.8) is 0 Å². The summed E-state index contributed by atoms with van der Waals surface area (Å²) in [5.41, 5.74) is 1.35. The highest BCUT2D eigenvalue weighted by molar-refractivity contribution is 9.10. The van der Waals surface area contributed by atoms with Crippen molar-refractivity contribution in [1.82, 2.24) is 15.2 Å². The maximum Gasteiger partial charge on any atom is 0.338 e. The lowest BCUT2D eigenvalue weighted by Gasteiger charge is -2.30. The predicted molar refractivity (Wildman–Crippen MR) is 125 cm³/mol. The van der Waals surface area contributed by atoms with Crippen molar-refractivity contribution in [2.45, 2.75) is 31.8 Å². The molecule has 0 radical (unpaired) electrons. The van der Waals surface area contributed by atoms with E-state index in [4.69, 9.17) is 9.73 Å². The topological polar surface area (TPSA) is 104 Å². The summed E-state index contributed by atoms with van der Waals surface area (Å²) >= 11 is 4.78. The number of nitrogens with one attached hydrogen (secondary N) is 1. The van der Waals surface area contributed by atoms with Crippen LogP contribution in [-0.4, -0.2) is 58.5 Å². The molecular weight excluding hydrogens is 515 g/mol. The molecule has 0 amide bonds. The number of aliphatic imine (C=N–C) groups is 1. The second kappa shape index (κ2) is 10.1. The van der Waals surface area contributed by atoms with Crippen molar-refractivity contribution >= 4 is 45.0 Å². The maximum atomic E-state index is 13.8. The molecule has 0 saturated carbocycles. The number of aromatic nitrogens is 1. The number of aliphatic carboxylic acids is 1. The molecule has 2 aliphatic rings. The van der Waals surface area contributed by atoms with Gasteiger partial charge in [-0.1, -0.05) is 22.0 Å². The summed E-state index contributed by atoms with van der Waals surface area (Å²) in [4.78, 5) is 35.8. The quantitative estimate of drug-likeness (QED) is 0.521. The zero-order valence-electron chi connectivity index (χ0n) is 17.8. The van der Waals surface area contributed by atoms with Gasteiger partial charge in [-0.3, -0.25) is 14.7 Å². The zero-order valence-corrected chi connectivity index (χ0v) is 20.2. The largest absolute Gasteiger partial charge is 0.480 e. The smallest absolute Gasteiger partial charge is 0.338 e. The van der Waals surface area contributed by atoms with Gasteiger partial charge in [0.05, 0.1) is 12.2 Å². The number of carboxylic acid groups (broad SMARTS) is 1. The number of rotatable bonds is 7. The van der Waals surface area contributed by atoms with Gasteiger partial charge in [-0.15, -0.1) is 11.3 Å². The van der Waals surface area contributed by atoms with Crippen LogP contribution in [0.15, 0.2) is 50.5 Å². The average Bonchev–Trinajstić information content (AvgIpc) is 3.46. The molecule has 2 aromatic rings. The molecule has 174 valence electrons. The lowest BCUT2D eigenvalue weighted by atomic mass is 9.95. The first-order valence-electron chi connectivity index (χ1n) is 10.5. The van der Waals surface area contributed by atoms with Gasteiger partial charge in [0.15, 0.2) is 10.8 Å². The van der Waals surface area contributed by atoms with E-state index in [1.54, 1.807) is 19.2 Å². The number of ether oxygens (including phenoxy) is 1. The number of thiazole rings is 1. The predicted octanol–water partition coefficient (Wildman–Crippen LogP) is 3.50. The van der Waals surface area contributed by atoms with E-state index in [0.29, 0.717) is 39.5 Å². The molecule has 0 bridgehead atoms. The third kappa shape index (κ3) is 4.99. The van der Waals surface area contributed by atoms with Gasteiger partial charge >= 0.3 is 11.9 Å². The van der Waals surface area contributed by atoms with E-state index in [0.717, 1.165) is 6.42 Å². The molecule has 33 heavy (non-hydrogen) atoms. The molecule has 0 spiro atoms. The number of nitrogens with zero attached hydrogens (tertiary/aromatic N) is 3. The van der Waals surface area contributed by atoms with Gasteiger partial charge in [0.25, 0.3) is 0 Å². The Morgan fingerprint density at radius 1 is 1.42 bits per heavy atom. The van der Waals surface area contributed by atoms with Crippen LogP contribution in [0.2, 0.25) is 0 Å². The third-order valence-electron chi connectivity index (χ3n) is 5.52. The Hall–Kier alpha value is -2.63. The zero-order chi connectivity index (χ0) is 23.5. The van der Waals surface area contributed by atoms with Gasteiger partial charge in [-0.05, 0) is 44.0 Å². The number of carbonyl (C=O) groups is 2. The van der Waals surface area contributed by atoms with Gasteiger partial charge in [0, 0.05) is 28.3 Å². The molecule has 2 aliphatic heterocycles. The van der Waals surface area contributed by atoms with E-state index in [9.17, 15) is 19.1 Å². The summed E-state index contributed by atoms with van der Waals surface area (Å²) in [6, 6.07) is 2.77. The van der Waals surface area contributed by atoms with Gasteiger partial charge < -0.3 is 15.2 Å². The maximum absolute atomic E-state index is 13.8. The Bertz CT molecular complexity index is 1120. The molecule has 4 rings (SSSR count). The van der Waals surface area contributed by atoms with Crippen LogP contribution in [0.25, 0.3) is 0 Å². The number of halogens is 2. The molecule has 2 atom stereocenters. The molecule has 11 heteroatoms. The summed E-state index contributed by atoms with van der Waals surface area (Å²) < 4.78 is 19.6. The normalized spacial score (nSPS) is 21.0. The van der Waals surface area contributed by atoms with Crippen molar-refractivity contribution in [2.24, 2.45) is 4.99 Å². The van der Waals surface area contributed by atoms with Crippen LogP contribution in [0, 0.1) is 5.82 Å². The second-order valence-electron chi connectivity index (χ2n) is 7.59. The minimum absolute atomic E-state index is 0.164. The fraction of sp³-hybridized carbons (Fsp3) is 0.364. The molecular formula is C22H22BrFN4O4S. The van der Waals surface area contributed by atoms with Gasteiger partial charge in [0.2, 0.25) is 0 Å². The van der Waals surface area contributed by atoms with Crippen molar-refractivity contribution in [2.75, 3.05) is 19.7 Å². The van der Waals surface area contributed by atoms with E-state index < -0.39 is 29.8 Å². The summed E-state index contributed by atoms with van der Waals surface area (Å²) in [6.07, 6.45) is 2.94. The third-order valence-corrected chi connectivity index (χ3v) is 6.99. The summed E-state index contributed by atoms with van der Waals surface area (Å²) in [5.74, 6) is -1.42. The number of esters is 1. The Kier molecular flexibility index (Phi) is 7.20. The average molecular weight is 537 g/mol. The first-order chi connectivity index (χ1) is 15.9. The summed E-state index contributed by atoms with van der Waals surface area (Å²) in [6.45, 7) is 2.66. The highest BCUT2D eigenvalue weighted by Crippen LogP contribution is 2.37. The minimum atomic E-state index is -0.895. The van der Waals surface area contributed by atoms with Gasteiger partial charge in [-0.25, -0.2) is 14.2 Å². The first-order valence-corrected chi connectivity index (χ1v) is 12.1. The van der Waals surface area contributed by atoms with Gasteiger partial charge in [-0.2, -0.15) is 0 Å². The molecule has 1 aromatic carbocycles. The van der Waals surface area contributed by atoms with E-state index >= 15 is 0 Å². The van der Waals surface area contributed by atoms with Crippen molar-refractivity contribution in [3.8, 4) is 0 Å². The lowest BCUT2D eigenvalue weighted by Crippen LogP contribution is -2.43. The number of hydrogen-bond acceptors (Lipinski definition) is 8. The molecule has 0 unspecified atom stereocenters. The van der Waals surface area contributed by atoms with E-state index in [-0.39, 0.29) is 18.7 Å². The Morgan fingerprint density at radius 2 is 2.24 bits per heavy atom. The monoisotopic (exact) mass is 536 g/mol. The van der Waals surface area contributed by atoms with E-state index in [1.165, 1.54) is 23.5 Å². The highest BCUT2D eigenvalue weighted by atomic mass is 79.9. The Morgan fingerprint density at radius 3 is 2.91 bits per heavy atom. The van der Waals surface area contributed by atoms with Crippen LogP contribution in [0.5, 0.6) is 0 Å². The number of carboxylic acids is 1. The van der Waals surface area contributed by atoms with E-state index in [2.05, 4.69) is 26.2 Å². The fourth-order valence-corrected chi connectivity index (χ4v) is 5.22. The van der Waals surface area contributed by atoms with Crippen LogP contribution < -0.4 is 5.32 Å². The van der Waals surface area contributed by atoms with E-state index in [1.807, 2.05) is 10.3 Å². The first kappa shape index (κ1) is 23.5. The summed E-state index contributed by atoms with van der Waals surface area (Å²) in [5, 5.41) is 15.3. The Labute approximate surface area is 202 Å². The molecule has 0 aliphatic carbocycles. The highest BCUT2D eigenvalue weighted by Gasteiger charge is 2.37. The number of hydrogen-bond donors (Lipinski definition) is 2.